The van der Waals surface area contributed by atoms with Crippen molar-refractivity contribution in [1.29, 1.82) is 0 Å². The van der Waals surface area contributed by atoms with Crippen molar-refractivity contribution in [3.63, 3.8) is 0 Å². The molecule has 2 aliphatic heterocycles. The molecule has 13 nitrogen and oxygen atoms in total. The SMILES string of the molecule is COCCCOc1cc2c(cc1Cl)-c1c(F)c(=O)c(C(C)=O)cn1N(C(C)(C)C(F)(F)F)C2.COCCCOc1cc2c(cc1OC)-c1c(F)c(=O)c(C(C)=O)cn1N(C(C)(C)C(F)(F)F)C2. The van der Waals surface area contributed by atoms with Crippen molar-refractivity contribution in [3.8, 4) is 39.8 Å². The summed E-state index contributed by atoms with van der Waals surface area (Å²) in [6, 6.07) is 5.69. The number of alkyl halides is 6. The number of carbonyl (C=O) groups is 2. The van der Waals surface area contributed by atoms with E-state index < -0.39 is 80.0 Å². The van der Waals surface area contributed by atoms with Crippen LogP contribution in [0.5, 0.6) is 17.2 Å². The van der Waals surface area contributed by atoms with Crippen LogP contribution in [0, 0.1) is 11.6 Å². The molecule has 0 radical (unpaired) electrons. The van der Waals surface area contributed by atoms with Crippen LogP contribution in [0.1, 0.15) is 86.2 Å². The smallest absolute Gasteiger partial charge is 0.412 e. The molecule has 0 amide bonds. The molecule has 4 heterocycles. The number of aromatic nitrogens is 2. The molecule has 2 aromatic heterocycles. The highest BCUT2D eigenvalue weighted by atomic mass is 35.5. The monoisotopic (exact) mass is 976 g/mol. The van der Waals surface area contributed by atoms with Crippen LogP contribution in [0.25, 0.3) is 22.5 Å². The Kier molecular flexibility index (Phi) is 15.5. The van der Waals surface area contributed by atoms with Crippen LogP contribution < -0.4 is 35.1 Å². The standard InChI is InChI=1S/C23H26F4N2O5.C22H23ClF4N2O4/c1-13(30)16-12-28-20(19(24)21(16)31)15-10-17(33-5)18(34-8-6-7-32-4)9-14(15)11-29(28)22(2,3)23(25,26)27;1-12(30)15-11-28-19(18(24)20(15)31)14-9-16(23)17(33-7-5-6-32-4)8-13(14)10-29(28)21(2,3)22(25,26)27/h9-10,12H,6-8,11H2,1-5H3;8-9,11H,5-7,10H2,1-4H3. The van der Waals surface area contributed by atoms with Crippen molar-refractivity contribution in [1.82, 2.24) is 9.35 Å². The maximum absolute atomic E-state index is 15.4. The number of hydrogen-bond acceptors (Lipinski definition) is 11. The summed E-state index contributed by atoms with van der Waals surface area (Å²) in [5, 5.41) is 1.84. The predicted molar refractivity (Wildman–Crippen MR) is 232 cm³/mol. The number of Topliss-reactive ketones (excluding diaryl/α,β-unsaturated/α-hetero) is 2. The Bertz CT molecular complexity index is 2660. The van der Waals surface area contributed by atoms with E-state index in [2.05, 4.69) is 0 Å². The minimum atomic E-state index is -4.72. The van der Waals surface area contributed by atoms with Gasteiger partial charge < -0.3 is 23.7 Å². The molecule has 22 heteroatoms. The van der Waals surface area contributed by atoms with Gasteiger partial charge in [0.15, 0.2) is 34.7 Å². The molecule has 0 unspecified atom stereocenters. The van der Waals surface area contributed by atoms with Gasteiger partial charge in [0.2, 0.25) is 10.9 Å². The first-order valence-corrected chi connectivity index (χ1v) is 20.9. The Hall–Kier alpha value is -5.67. The van der Waals surface area contributed by atoms with Gasteiger partial charge in [-0.3, -0.25) is 38.5 Å². The zero-order valence-corrected chi connectivity index (χ0v) is 38.7. The first-order chi connectivity index (χ1) is 31.2. The molecule has 0 aliphatic carbocycles. The van der Waals surface area contributed by atoms with Crippen LogP contribution in [-0.2, 0) is 22.6 Å². The fraction of sp³-hybridized carbons (Fsp3) is 0.467. The van der Waals surface area contributed by atoms with E-state index >= 15 is 8.78 Å². The maximum Gasteiger partial charge on any atom is 0.412 e. The normalized spacial score (nSPS) is 13.5. The summed E-state index contributed by atoms with van der Waals surface area (Å²) in [5.41, 5.74) is -8.33. The predicted octanol–water partition coefficient (Wildman–Crippen LogP) is 8.79. The first-order valence-electron chi connectivity index (χ1n) is 20.5. The Morgan fingerprint density at radius 3 is 1.37 bits per heavy atom. The summed E-state index contributed by atoms with van der Waals surface area (Å²) < 4.78 is 143. The molecule has 0 bridgehead atoms. The van der Waals surface area contributed by atoms with E-state index in [1.54, 1.807) is 7.11 Å². The summed E-state index contributed by atoms with van der Waals surface area (Å²) in [4.78, 5) is 48.8. The van der Waals surface area contributed by atoms with Crippen molar-refractivity contribution < 1.29 is 68.4 Å². The van der Waals surface area contributed by atoms with Gasteiger partial charge in [0.1, 0.15) is 28.2 Å². The average Bonchev–Trinajstić information content (AvgIpc) is 3.24. The number of halogens is 9. The van der Waals surface area contributed by atoms with Crippen LogP contribution in [0.4, 0.5) is 35.1 Å². The van der Waals surface area contributed by atoms with Crippen LogP contribution in [0.15, 0.2) is 46.2 Å². The lowest BCUT2D eigenvalue weighted by Crippen LogP contribution is -2.60. The topological polar surface area (TPSA) is 131 Å². The van der Waals surface area contributed by atoms with E-state index in [0.29, 0.717) is 31.6 Å². The number of nitrogens with zero attached hydrogens (tertiary/aromatic N) is 4. The molecular formula is C45H49ClF8N4O9. The second-order valence-corrected chi connectivity index (χ2v) is 17.0. The van der Waals surface area contributed by atoms with Crippen LogP contribution in [-0.4, -0.2) is 92.1 Å². The first kappa shape index (κ1) is 52.3. The van der Waals surface area contributed by atoms with Gasteiger partial charge in [-0.05, 0) is 76.9 Å². The van der Waals surface area contributed by atoms with Gasteiger partial charge >= 0.3 is 12.4 Å². The molecule has 0 saturated heterocycles. The maximum atomic E-state index is 15.4. The molecule has 0 N–H and O–H groups in total. The number of hydrogen-bond donors (Lipinski definition) is 0. The fourth-order valence-electron chi connectivity index (χ4n) is 7.26. The van der Waals surface area contributed by atoms with Gasteiger partial charge in [-0.1, -0.05) is 11.6 Å². The summed E-state index contributed by atoms with van der Waals surface area (Å²) in [6.07, 6.45) is -6.42. The molecule has 366 valence electrons. The Morgan fingerprint density at radius 1 is 0.612 bits per heavy atom. The van der Waals surface area contributed by atoms with Crippen molar-refractivity contribution in [2.24, 2.45) is 0 Å². The zero-order chi connectivity index (χ0) is 50.1. The molecule has 2 aliphatic rings. The number of benzene rings is 2. The van der Waals surface area contributed by atoms with E-state index in [1.165, 1.54) is 38.5 Å². The van der Waals surface area contributed by atoms with E-state index in [4.69, 9.17) is 35.3 Å². The Labute approximate surface area is 384 Å². The van der Waals surface area contributed by atoms with Gasteiger partial charge in [-0.25, -0.2) is 8.78 Å². The average molecular weight is 977 g/mol. The molecular weight excluding hydrogens is 928 g/mol. The lowest BCUT2D eigenvalue weighted by Gasteiger charge is -2.46. The van der Waals surface area contributed by atoms with Crippen LogP contribution in [0.3, 0.4) is 0 Å². The van der Waals surface area contributed by atoms with Crippen LogP contribution in [0.2, 0.25) is 5.02 Å². The number of ether oxygens (including phenoxy) is 5. The van der Waals surface area contributed by atoms with Gasteiger partial charge in [-0.15, -0.1) is 0 Å². The zero-order valence-electron chi connectivity index (χ0n) is 38.0. The third-order valence-electron chi connectivity index (χ3n) is 11.4. The highest BCUT2D eigenvalue weighted by Crippen LogP contribution is 2.45. The van der Waals surface area contributed by atoms with E-state index in [9.17, 15) is 45.5 Å². The molecule has 67 heavy (non-hydrogen) atoms. The highest BCUT2D eigenvalue weighted by molar-refractivity contribution is 6.32. The highest BCUT2D eigenvalue weighted by Gasteiger charge is 2.55. The summed E-state index contributed by atoms with van der Waals surface area (Å²) >= 11 is 6.30. The molecule has 2 aromatic carbocycles. The lowest BCUT2D eigenvalue weighted by molar-refractivity contribution is -0.183. The van der Waals surface area contributed by atoms with E-state index in [0.717, 1.165) is 73.3 Å². The minimum Gasteiger partial charge on any atom is -0.493 e. The van der Waals surface area contributed by atoms with E-state index in [1.807, 2.05) is 0 Å². The quantitative estimate of drug-likeness (QED) is 0.0644. The Balaban J connectivity index is 0.000000251. The van der Waals surface area contributed by atoms with E-state index in [-0.39, 0.29) is 65.3 Å². The van der Waals surface area contributed by atoms with Crippen molar-refractivity contribution >= 4 is 23.2 Å². The van der Waals surface area contributed by atoms with Crippen molar-refractivity contribution in [2.75, 3.05) is 57.8 Å². The summed E-state index contributed by atoms with van der Waals surface area (Å²) in [6.45, 7) is 6.63. The molecule has 6 rings (SSSR count). The second-order valence-electron chi connectivity index (χ2n) is 16.6. The number of methoxy groups -OCH3 is 3. The second kappa shape index (κ2) is 19.9. The molecule has 0 atom stereocenters. The molecule has 4 aromatic rings. The number of pyridine rings is 2. The van der Waals surface area contributed by atoms with Crippen LogP contribution >= 0.6 is 11.6 Å². The third kappa shape index (κ3) is 10.1. The number of fused-ring (bicyclic) bond motifs is 6. The summed E-state index contributed by atoms with van der Waals surface area (Å²) in [5.74, 6) is -3.49. The largest absolute Gasteiger partial charge is 0.493 e. The van der Waals surface area contributed by atoms with Gasteiger partial charge in [0.25, 0.3) is 0 Å². The van der Waals surface area contributed by atoms with Gasteiger partial charge in [0.05, 0.1) is 49.6 Å². The van der Waals surface area contributed by atoms with Crippen molar-refractivity contribution in [3.05, 3.63) is 96.0 Å². The van der Waals surface area contributed by atoms with Crippen molar-refractivity contribution in [2.45, 2.75) is 90.9 Å². The molecule has 0 saturated carbocycles. The Morgan fingerprint density at radius 2 is 1.00 bits per heavy atom. The summed E-state index contributed by atoms with van der Waals surface area (Å²) in [7, 11) is 4.45. The molecule has 0 spiro atoms. The minimum absolute atomic E-state index is 0.101. The number of ketones is 2. The lowest BCUT2D eigenvalue weighted by atomic mass is 9.95. The van der Waals surface area contributed by atoms with Gasteiger partial charge in [0, 0.05) is 63.8 Å². The van der Waals surface area contributed by atoms with Gasteiger partial charge in [-0.2, -0.15) is 26.3 Å². The fourth-order valence-corrected chi connectivity index (χ4v) is 7.48. The molecule has 0 fully saturated rings. The third-order valence-corrected chi connectivity index (χ3v) is 11.7. The number of carbonyl (C=O) groups excluding carboxylic acids is 2. The number of rotatable bonds is 15.